The van der Waals surface area contributed by atoms with E-state index in [0.717, 1.165) is 6.42 Å². The fourth-order valence-corrected chi connectivity index (χ4v) is 36.0. The zero-order valence-corrected chi connectivity index (χ0v) is 32.9. The van der Waals surface area contributed by atoms with E-state index in [1.807, 2.05) is 0 Å². The molecule has 0 heterocycles. The quantitative estimate of drug-likeness (QED) is 0.172. The summed E-state index contributed by atoms with van der Waals surface area (Å²) in [5.74, 6) is -0.587. The highest BCUT2D eigenvalue weighted by Crippen LogP contribution is 2.44. The molecule has 0 saturated heterocycles. The summed E-state index contributed by atoms with van der Waals surface area (Å²) in [5, 5.41) is 9.56. The second-order valence-electron chi connectivity index (χ2n) is 12.9. The molecule has 0 amide bonds. The summed E-state index contributed by atoms with van der Waals surface area (Å²) in [5.41, 5.74) is 0.189. The van der Waals surface area contributed by atoms with Gasteiger partial charge >= 0.3 is 14.0 Å². The first-order valence-electron chi connectivity index (χ1n) is 12.2. The Morgan fingerprint density at radius 3 is 1.56 bits per heavy atom. The lowest BCUT2D eigenvalue weighted by molar-refractivity contribution is -0.134. The Labute approximate surface area is 219 Å². The Kier molecular flexibility index (Phi) is 12.4. The van der Waals surface area contributed by atoms with E-state index in [1.54, 1.807) is 6.92 Å². The number of allylic oxidation sites excluding steroid dienone is 1. The maximum Gasteiger partial charge on any atom is 0.356 e. The normalized spacial score (nSPS) is 17.1. The summed E-state index contributed by atoms with van der Waals surface area (Å²) in [6.45, 7) is 29.2. The molecule has 0 aromatic heterocycles. The molecule has 1 unspecified atom stereocenters. The van der Waals surface area contributed by atoms with Crippen molar-refractivity contribution in [3.05, 3.63) is 11.3 Å². The first-order chi connectivity index (χ1) is 14.9. The zero-order chi connectivity index (χ0) is 27.4. The van der Waals surface area contributed by atoms with Crippen molar-refractivity contribution in [2.75, 3.05) is 0 Å². The molecule has 202 valence electrons. The van der Waals surface area contributed by atoms with Crippen LogP contribution in [-0.2, 0) is 26.0 Å². The summed E-state index contributed by atoms with van der Waals surface area (Å²) in [6.07, 6.45) is 1.24. The van der Waals surface area contributed by atoms with Crippen molar-refractivity contribution in [1.82, 2.24) is 0 Å². The third-order valence-corrected chi connectivity index (χ3v) is 25.4. The van der Waals surface area contributed by atoms with Crippen LogP contribution in [0.2, 0.25) is 78.6 Å². The SMILES string of the molecule is CCCC(O[Si](C)(C)C)(C(C(=O)O)=C(C)O[Si](C)(C)C)[Si](O[Si](C)(C)C)(O[Si](C)(C)C)[SiH2]O[SiH3]. The van der Waals surface area contributed by atoms with Gasteiger partial charge < -0.3 is 26.3 Å². The lowest BCUT2D eigenvalue weighted by atomic mass is 10.0. The van der Waals surface area contributed by atoms with E-state index < -0.39 is 61.8 Å². The molecule has 0 aliphatic heterocycles. The van der Waals surface area contributed by atoms with Crippen LogP contribution < -0.4 is 0 Å². The van der Waals surface area contributed by atoms with Gasteiger partial charge in [-0.1, -0.05) is 13.3 Å². The van der Waals surface area contributed by atoms with E-state index in [2.05, 4.69) is 85.5 Å². The highest BCUT2D eigenvalue weighted by molar-refractivity contribution is 7.22. The van der Waals surface area contributed by atoms with Crippen molar-refractivity contribution in [2.24, 2.45) is 0 Å². The first-order valence-corrected chi connectivity index (χ1v) is 31.3. The van der Waals surface area contributed by atoms with Gasteiger partial charge in [0.15, 0.2) is 25.0 Å². The Bertz CT molecular complexity index is 703. The van der Waals surface area contributed by atoms with Crippen molar-refractivity contribution < 1.29 is 31.1 Å². The van der Waals surface area contributed by atoms with Gasteiger partial charge in [-0.15, -0.1) is 0 Å². The average molecular weight is 601 g/mol. The van der Waals surface area contributed by atoms with Crippen LogP contribution >= 0.6 is 0 Å². The van der Waals surface area contributed by atoms with Crippen LogP contribution in [0, 0.1) is 0 Å². The minimum Gasteiger partial charge on any atom is -0.547 e. The molecule has 0 spiro atoms. The minimum atomic E-state index is -3.36. The van der Waals surface area contributed by atoms with E-state index in [0.29, 0.717) is 22.7 Å². The topological polar surface area (TPSA) is 83.5 Å². The molecule has 0 aromatic carbocycles. The van der Waals surface area contributed by atoms with Crippen molar-refractivity contribution in [3.63, 3.8) is 0 Å². The lowest BCUT2D eigenvalue weighted by Gasteiger charge is -2.54. The number of carbonyl (C=O) groups is 1. The molecule has 0 fully saturated rings. The van der Waals surface area contributed by atoms with Gasteiger partial charge in [-0.2, -0.15) is 0 Å². The molecule has 0 aromatic rings. The molecule has 0 saturated carbocycles. The summed E-state index contributed by atoms with van der Waals surface area (Å²) >= 11 is 0. The van der Waals surface area contributed by atoms with Gasteiger partial charge in [-0.05, 0) is 91.9 Å². The summed E-state index contributed by atoms with van der Waals surface area (Å²) in [6, 6.07) is 0. The van der Waals surface area contributed by atoms with E-state index in [9.17, 15) is 9.90 Å². The number of carboxylic acids is 1. The average Bonchev–Trinajstić information content (AvgIpc) is 2.47. The van der Waals surface area contributed by atoms with Crippen LogP contribution in [0.3, 0.4) is 0 Å². The van der Waals surface area contributed by atoms with Gasteiger partial charge in [0.1, 0.15) is 21.3 Å². The molecule has 0 rings (SSSR count). The Morgan fingerprint density at radius 2 is 1.29 bits per heavy atom. The maximum atomic E-state index is 13.1. The van der Waals surface area contributed by atoms with E-state index in [-0.39, 0.29) is 5.57 Å². The Hall–Kier alpha value is 0.368. The van der Waals surface area contributed by atoms with Gasteiger partial charge in [-0.3, -0.25) is 0 Å². The van der Waals surface area contributed by atoms with Gasteiger partial charge in [0.05, 0.1) is 5.76 Å². The fraction of sp³-hybridized carbons (Fsp3) is 0.850. The second kappa shape index (κ2) is 12.3. The van der Waals surface area contributed by atoms with Crippen LogP contribution in [0.15, 0.2) is 11.3 Å². The van der Waals surface area contributed by atoms with Crippen LogP contribution in [-0.4, -0.2) is 77.4 Å². The zero-order valence-electron chi connectivity index (χ0n) is 24.5. The van der Waals surface area contributed by atoms with Crippen molar-refractivity contribution in [2.45, 2.75) is 110 Å². The Balaban J connectivity index is 7.90. The second-order valence-corrected chi connectivity index (χ2v) is 40.4. The molecule has 0 aliphatic carbocycles. The van der Waals surface area contributed by atoms with Gasteiger partial charge in [0, 0.05) is 0 Å². The molecule has 0 aliphatic rings. The molecule has 1 N–H and O–H groups in total. The summed E-state index contributed by atoms with van der Waals surface area (Å²) < 4.78 is 33.8. The Morgan fingerprint density at radius 1 is 0.853 bits per heavy atom. The monoisotopic (exact) mass is 600 g/mol. The predicted molar refractivity (Wildman–Crippen MR) is 161 cm³/mol. The largest absolute Gasteiger partial charge is 0.547 e. The molecular formula is C20H52O7Si7. The van der Waals surface area contributed by atoms with E-state index >= 15 is 0 Å². The van der Waals surface area contributed by atoms with Crippen LogP contribution in [0.1, 0.15) is 26.7 Å². The number of carboxylic acid groups (broad SMARTS) is 1. The number of hydrogen-bond donors (Lipinski definition) is 1. The van der Waals surface area contributed by atoms with Crippen molar-refractivity contribution in [3.8, 4) is 0 Å². The highest BCUT2D eigenvalue weighted by atomic mass is 29.2. The van der Waals surface area contributed by atoms with Crippen molar-refractivity contribution >= 4 is 67.1 Å². The molecular weight excluding hydrogens is 549 g/mol. The molecule has 1 atom stereocenters. The number of hydrogen-bond acceptors (Lipinski definition) is 6. The summed E-state index contributed by atoms with van der Waals surface area (Å²) in [4.78, 5) is 13.1. The fourth-order valence-electron chi connectivity index (χ4n) is 4.22. The van der Waals surface area contributed by atoms with Crippen molar-refractivity contribution in [1.29, 1.82) is 0 Å². The maximum absolute atomic E-state index is 13.1. The first kappa shape index (κ1) is 34.4. The summed E-state index contributed by atoms with van der Waals surface area (Å²) in [7, 11) is -13.0. The van der Waals surface area contributed by atoms with E-state index in [4.69, 9.17) is 21.2 Å². The van der Waals surface area contributed by atoms with Gasteiger partial charge in [-0.25, -0.2) is 4.79 Å². The van der Waals surface area contributed by atoms with E-state index in [1.165, 1.54) is 0 Å². The number of aliphatic carboxylic acids is 1. The van der Waals surface area contributed by atoms with Crippen LogP contribution in [0.5, 0.6) is 0 Å². The van der Waals surface area contributed by atoms with Gasteiger partial charge in [0.25, 0.3) is 0 Å². The van der Waals surface area contributed by atoms with Crippen LogP contribution in [0.4, 0.5) is 0 Å². The molecule has 34 heavy (non-hydrogen) atoms. The third kappa shape index (κ3) is 10.8. The molecule has 7 nitrogen and oxygen atoms in total. The highest BCUT2D eigenvalue weighted by Gasteiger charge is 2.66. The lowest BCUT2D eigenvalue weighted by Crippen LogP contribution is -2.76. The smallest absolute Gasteiger partial charge is 0.356 e. The van der Waals surface area contributed by atoms with Gasteiger partial charge in [0.2, 0.25) is 17.6 Å². The standard InChI is InChI=1S/C20H52O7Si7/c1-15-16-20(24-31(6,7)8,18(19(21)22)17(2)23-30(3,4)5)34(29-25-28,26-32(9,10)11)27-33(12,13)14/h15-16,29H2,1-14,28H3,(H,21,22). The molecule has 14 heteroatoms. The molecule has 0 radical (unpaired) electrons. The molecule has 0 bridgehead atoms. The minimum absolute atomic E-state index is 0.189. The predicted octanol–water partition coefficient (Wildman–Crippen LogP) is 4.15. The third-order valence-electron chi connectivity index (χ3n) is 4.40. The number of rotatable bonds is 15. The van der Waals surface area contributed by atoms with Crippen LogP contribution in [0.25, 0.3) is 0 Å².